The summed E-state index contributed by atoms with van der Waals surface area (Å²) in [5.41, 5.74) is 6.32. The van der Waals surface area contributed by atoms with Gasteiger partial charge >= 0.3 is 11.9 Å². The van der Waals surface area contributed by atoms with E-state index in [-0.39, 0.29) is 25.7 Å². The summed E-state index contributed by atoms with van der Waals surface area (Å²) in [4.78, 5) is 60.0. The molecule has 0 fully saturated rings. The quantitative estimate of drug-likeness (QED) is 0.139. The molecule has 1 aromatic carbocycles. The van der Waals surface area contributed by atoms with Crippen molar-refractivity contribution in [3.8, 4) is 0 Å². The molecule has 13 heteroatoms. The van der Waals surface area contributed by atoms with Crippen molar-refractivity contribution in [1.29, 1.82) is 0 Å². The second-order valence-electron chi connectivity index (χ2n) is 7.71. The molecule has 3 amide bonds. The lowest BCUT2D eigenvalue weighted by atomic mass is 10.1. The second kappa shape index (κ2) is 15.7. The monoisotopic (exact) mass is 512 g/mol. The first-order chi connectivity index (χ1) is 16.6. The molecule has 35 heavy (non-hydrogen) atoms. The Kier molecular flexibility index (Phi) is 13.4. The number of carbonyl (C=O) groups excluding carboxylic acids is 3. The molecule has 0 radical (unpaired) electrons. The molecule has 0 aromatic heterocycles. The summed E-state index contributed by atoms with van der Waals surface area (Å²) in [7, 11) is 0. The predicted molar refractivity (Wildman–Crippen MR) is 129 cm³/mol. The van der Waals surface area contributed by atoms with Gasteiger partial charge in [-0.05, 0) is 30.4 Å². The Bertz CT molecular complexity index is 870. The van der Waals surface area contributed by atoms with Crippen molar-refractivity contribution in [2.24, 2.45) is 5.73 Å². The predicted octanol–water partition coefficient (Wildman–Crippen LogP) is -1.29. The van der Waals surface area contributed by atoms with Crippen molar-refractivity contribution in [2.75, 3.05) is 18.6 Å². The van der Waals surface area contributed by atoms with Crippen molar-refractivity contribution in [2.45, 2.75) is 49.9 Å². The van der Waals surface area contributed by atoms with Gasteiger partial charge in [-0.3, -0.25) is 19.2 Å². The number of hydrogen-bond donors (Lipinski definition) is 7. The van der Waals surface area contributed by atoms with Crippen molar-refractivity contribution in [1.82, 2.24) is 16.0 Å². The maximum absolute atomic E-state index is 12.9. The molecule has 0 spiro atoms. The molecule has 4 unspecified atom stereocenters. The summed E-state index contributed by atoms with van der Waals surface area (Å²) >= 11 is 1.41. The summed E-state index contributed by atoms with van der Waals surface area (Å²) < 4.78 is 0. The number of amides is 3. The molecule has 0 aliphatic rings. The first-order valence-corrected chi connectivity index (χ1v) is 12.2. The van der Waals surface area contributed by atoms with Gasteiger partial charge in [0.2, 0.25) is 17.7 Å². The van der Waals surface area contributed by atoms with Crippen LogP contribution in [0.2, 0.25) is 0 Å². The minimum absolute atomic E-state index is 0.0364. The van der Waals surface area contributed by atoms with Crippen LogP contribution < -0.4 is 21.7 Å². The van der Waals surface area contributed by atoms with Gasteiger partial charge in [0.25, 0.3) is 0 Å². The summed E-state index contributed by atoms with van der Waals surface area (Å²) in [6.45, 7) is -0.800. The summed E-state index contributed by atoms with van der Waals surface area (Å²) in [6, 6.07) is 3.71. The second-order valence-corrected chi connectivity index (χ2v) is 8.70. The van der Waals surface area contributed by atoms with Crippen LogP contribution in [0.5, 0.6) is 0 Å². The van der Waals surface area contributed by atoms with Gasteiger partial charge in [0.1, 0.15) is 18.1 Å². The highest BCUT2D eigenvalue weighted by Gasteiger charge is 2.30. The average molecular weight is 513 g/mol. The number of carboxylic acid groups (broad SMARTS) is 2. The molecule has 4 atom stereocenters. The van der Waals surface area contributed by atoms with E-state index in [1.54, 1.807) is 36.6 Å². The highest BCUT2D eigenvalue weighted by molar-refractivity contribution is 7.98. The van der Waals surface area contributed by atoms with Gasteiger partial charge in [-0.1, -0.05) is 30.3 Å². The van der Waals surface area contributed by atoms with Gasteiger partial charge in [0.15, 0.2) is 0 Å². The number of rotatable bonds is 16. The molecule has 0 aliphatic heterocycles. The minimum Gasteiger partial charge on any atom is -0.481 e. The smallest absolute Gasteiger partial charge is 0.326 e. The largest absolute Gasteiger partial charge is 0.481 e. The van der Waals surface area contributed by atoms with E-state index in [0.29, 0.717) is 11.3 Å². The zero-order valence-corrected chi connectivity index (χ0v) is 20.1. The Labute approximate surface area is 207 Å². The van der Waals surface area contributed by atoms with E-state index in [9.17, 15) is 34.2 Å². The molecule has 8 N–H and O–H groups in total. The zero-order chi connectivity index (χ0) is 26.4. The topological polar surface area (TPSA) is 208 Å². The maximum atomic E-state index is 12.9. The third-order valence-electron chi connectivity index (χ3n) is 4.96. The van der Waals surface area contributed by atoms with E-state index in [2.05, 4.69) is 16.0 Å². The maximum Gasteiger partial charge on any atom is 0.326 e. The lowest BCUT2D eigenvalue weighted by molar-refractivity contribution is -0.142. The molecule has 0 saturated heterocycles. The number of nitrogens with one attached hydrogen (secondary N) is 3. The van der Waals surface area contributed by atoms with Crippen LogP contribution >= 0.6 is 11.8 Å². The van der Waals surface area contributed by atoms with Crippen molar-refractivity contribution in [3.63, 3.8) is 0 Å². The van der Waals surface area contributed by atoms with E-state index in [1.807, 2.05) is 0 Å². The van der Waals surface area contributed by atoms with Crippen LogP contribution in [0.25, 0.3) is 0 Å². The van der Waals surface area contributed by atoms with Gasteiger partial charge < -0.3 is 37.0 Å². The molecular formula is C22H32N4O8S. The third-order valence-corrected chi connectivity index (χ3v) is 5.61. The van der Waals surface area contributed by atoms with Crippen molar-refractivity contribution >= 4 is 41.4 Å². The lowest BCUT2D eigenvalue weighted by Gasteiger charge is -2.24. The number of aliphatic hydroxyl groups excluding tert-OH is 1. The number of aliphatic carboxylic acids is 2. The molecule has 1 rings (SSSR count). The third kappa shape index (κ3) is 11.2. The first-order valence-electron chi connectivity index (χ1n) is 10.8. The molecule has 1 aromatic rings. The highest BCUT2D eigenvalue weighted by Crippen LogP contribution is 2.07. The summed E-state index contributed by atoms with van der Waals surface area (Å²) in [6.07, 6.45) is 1.48. The van der Waals surface area contributed by atoms with Gasteiger partial charge in [0, 0.05) is 12.8 Å². The lowest BCUT2D eigenvalue weighted by Crippen LogP contribution is -2.58. The van der Waals surface area contributed by atoms with Crippen LogP contribution in [-0.4, -0.2) is 87.8 Å². The van der Waals surface area contributed by atoms with Crippen LogP contribution in [0.1, 0.15) is 24.8 Å². The van der Waals surface area contributed by atoms with Crippen LogP contribution in [0, 0.1) is 0 Å². The van der Waals surface area contributed by atoms with Gasteiger partial charge in [0.05, 0.1) is 12.6 Å². The number of carboxylic acids is 2. The molecule has 12 nitrogen and oxygen atoms in total. The fourth-order valence-corrected chi connectivity index (χ4v) is 3.45. The number of benzene rings is 1. The Morgan fingerprint density at radius 2 is 1.46 bits per heavy atom. The van der Waals surface area contributed by atoms with Crippen LogP contribution in [0.15, 0.2) is 30.3 Å². The number of hydrogen-bond acceptors (Lipinski definition) is 8. The van der Waals surface area contributed by atoms with E-state index < -0.39 is 60.4 Å². The van der Waals surface area contributed by atoms with Crippen LogP contribution in [0.3, 0.4) is 0 Å². The molecule has 0 heterocycles. The standard InChI is InChI=1S/C22H32N4O8S/c1-35-10-9-15(20(31)25-16(22(33)34)11-13-5-3-2-4-6-13)24-21(32)17(12-27)26-19(30)14(23)7-8-18(28)29/h2-6,14-17,27H,7-12,23H2,1H3,(H,24,32)(H,25,31)(H,26,30)(H,28,29)(H,33,34). The first kappa shape index (κ1) is 29.9. The van der Waals surface area contributed by atoms with Gasteiger partial charge in [-0.15, -0.1) is 0 Å². The molecular weight excluding hydrogens is 480 g/mol. The highest BCUT2D eigenvalue weighted by atomic mass is 32.2. The number of carbonyl (C=O) groups is 5. The van der Waals surface area contributed by atoms with Crippen molar-refractivity contribution < 1.29 is 39.3 Å². The SMILES string of the molecule is CSCCC(NC(=O)C(CO)NC(=O)C(N)CCC(=O)O)C(=O)NC(Cc1ccccc1)C(=O)O. The fraction of sp³-hybridized carbons (Fsp3) is 0.500. The zero-order valence-electron chi connectivity index (χ0n) is 19.3. The minimum atomic E-state index is -1.44. The Hall–Kier alpha value is -3.16. The number of nitrogens with two attached hydrogens (primary N) is 1. The van der Waals surface area contributed by atoms with Crippen molar-refractivity contribution in [3.05, 3.63) is 35.9 Å². The van der Waals surface area contributed by atoms with Crippen LogP contribution in [0.4, 0.5) is 0 Å². The number of aliphatic hydroxyl groups is 1. The van der Waals surface area contributed by atoms with E-state index in [0.717, 1.165) is 0 Å². The Balaban J connectivity index is 2.85. The molecule has 0 saturated carbocycles. The Morgan fingerprint density at radius 1 is 0.886 bits per heavy atom. The van der Waals surface area contributed by atoms with Gasteiger partial charge in [-0.25, -0.2) is 4.79 Å². The van der Waals surface area contributed by atoms with Gasteiger partial charge in [-0.2, -0.15) is 11.8 Å². The van der Waals surface area contributed by atoms with E-state index in [1.165, 1.54) is 11.8 Å². The normalized spacial score (nSPS) is 14.1. The summed E-state index contributed by atoms with van der Waals surface area (Å²) in [5.74, 6) is -4.35. The molecule has 194 valence electrons. The van der Waals surface area contributed by atoms with Crippen LogP contribution in [-0.2, 0) is 30.4 Å². The van der Waals surface area contributed by atoms with E-state index in [4.69, 9.17) is 10.8 Å². The molecule has 0 aliphatic carbocycles. The Morgan fingerprint density at radius 3 is 2.00 bits per heavy atom. The summed E-state index contributed by atoms with van der Waals surface area (Å²) in [5, 5.41) is 34.9. The fourth-order valence-electron chi connectivity index (χ4n) is 2.98. The number of thioether (sulfide) groups is 1. The molecule has 0 bridgehead atoms. The average Bonchev–Trinajstić information content (AvgIpc) is 2.83. The van der Waals surface area contributed by atoms with E-state index >= 15 is 0 Å².